The molecule has 0 spiro atoms. The van der Waals surface area contributed by atoms with Crippen LogP contribution in [0.2, 0.25) is 0 Å². The number of pyridine rings is 1. The highest BCUT2D eigenvalue weighted by Crippen LogP contribution is 2.36. The number of ether oxygens (including phenoxy) is 2. The number of aromatic nitrogens is 1. The van der Waals surface area contributed by atoms with Crippen LogP contribution in [0.1, 0.15) is 45.2 Å². The van der Waals surface area contributed by atoms with E-state index in [-0.39, 0.29) is 24.4 Å². The summed E-state index contributed by atoms with van der Waals surface area (Å²) in [4.78, 5) is 4.59. The van der Waals surface area contributed by atoms with Crippen molar-refractivity contribution in [3.05, 3.63) is 23.5 Å². The molecule has 120 valence electrons. The van der Waals surface area contributed by atoms with E-state index in [1.165, 1.54) is 0 Å². The minimum Gasteiger partial charge on any atom is -0.399 e. The fourth-order valence-corrected chi connectivity index (χ4v) is 2.66. The Labute approximate surface area is 132 Å². The molecule has 2 aliphatic heterocycles. The zero-order valence-electron chi connectivity index (χ0n) is 14.0. The van der Waals surface area contributed by atoms with Gasteiger partial charge in [-0.2, -0.15) is 0 Å². The second-order valence-electron chi connectivity index (χ2n) is 6.99. The average Bonchev–Trinajstić information content (AvgIpc) is 2.68. The maximum Gasteiger partial charge on any atom is 0.494 e. The molecule has 0 bridgehead atoms. The van der Waals surface area contributed by atoms with E-state index in [2.05, 4.69) is 32.7 Å². The maximum absolute atomic E-state index is 6.13. The Morgan fingerprint density at radius 2 is 1.77 bits per heavy atom. The molecule has 2 saturated heterocycles. The molecule has 0 amide bonds. The maximum atomic E-state index is 6.13. The van der Waals surface area contributed by atoms with Gasteiger partial charge in [0.1, 0.15) is 6.10 Å². The van der Waals surface area contributed by atoms with E-state index in [1.807, 2.05) is 19.1 Å². The lowest BCUT2D eigenvalue weighted by atomic mass is 9.78. The second-order valence-corrected chi connectivity index (χ2v) is 6.99. The van der Waals surface area contributed by atoms with Crippen LogP contribution in [-0.4, -0.2) is 43.1 Å². The van der Waals surface area contributed by atoms with Crippen LogP contribution in [0.25, 0.3) is 0 Å². The largest absolute Gasteiger partial charge is 0.494 e. The van der Waals surface area contributed by atoms with Gasteiger partial charge in [0.05, 0.1) is 36.7 Å². The lowest BCUT2D eigenvalue weighted by molar-refractivity contribution is -0.0917. The smallest absolute Gasteiger partial charge is 0.399 e. The minimum absolute atomic E-state index is 0.116. The summed E-state index contributed by atoms with van der Waals surface area (Å²) in [6.45, 7) is 12.0. The third-order valence-corrected chi connectivity index (χ3v) is 4.67. The standard InChI is InChI=1S/C16H24BNO4/c1-11-8-12(17-21-15(2,3)16(4,5)22-17)9-13(18-11)14-10-19-6-7-20-14/h8-9,14H,6-7,10H2,1-5H3. The van der Waals surface area contributed by atoms with Crippen LogP contribution in [0.4, 0.5) is 0 Å². The fourth-order valence-electron chi connectivity index (χ4n) is 2.66. The van der Waals surface area contributed by atoms with Gasteiger partial charge in [-0.05, 0) is 52.2 Å². The lowest BCUT2D eigenvalue weighted by Gasteiger charge is -2.32. The normalized spacial score (nSPS) is 27.1. The summed E-state index contributed by atoms with van der Waals surface area (Å²) in [5, 5.41) is 0. The van der Waals surface area contributed by atoms with Gasteiger partial charge >= 0.3 is 7.12 Å². The van der Waals surface area contributed by atoms with E-state index in [9.17, 15) is 0 Å². The molecular weight excluding hydrogens is 281 g/mol. The van der Waals surface area contributed by atoms with Crippen molar-refractivity contribution in [1.29, 1.82) is 0 Å². The molecule has 1 aromatic heterocycles. The number of aryl methyl sites for hydroxylation is 1. The van der Waals surface area contributed by atoms with Crippen LogP contribution in [0, 0.1) is 6.92 Å². The van der Waals surface area contributed by atoms with Crippen molar-refractivity contribution in [3.8, 4) is 0 Å². The molecule has 1 unspecified atom stereocenters. The Balaban J connectivity index is 1.87. The van der Waals surface area contributed by atoms with Gasteiger partial charge in [-0.3, -0.25) is 4.98 Å². The molecule has 1 atom stereocenters. The van der Waals surface area contributed by atoms with E-state index >= 15 is 0 Å². The molecule has 3 heterocycles. The van der Waals surface area contributed by atoms with Crippen molar-refractivity contribution in [2.24, 2.45) is 0 Å². The van der Waals surface area contributed by atoms with E-state index < -0.39 is 0 Å². The topological polar surface area (TPSA) is 49.8 Å². The van der Waals surface area contributed by atoms with Crippen LogP contribution in [0.15, 0.2) is 12.1 Å². The monoisotopic (exact) mass is 305 g/mol. The fraction of sp³-hybridized carbons (Fsp3) is 0.688. The van der Waals surface area contributed by atoms with Crippen molar-refractivity contribution in [1.82, 2.24) is 4.98 Å². The van der Waals surface area contributed by atoms with Gasteiger partial charge in [0.2, 0.25) is 0 Å². The molecule has 0 radical (unpaired) electrons. The number of nitrogens with zero attached hydrogens (tertiary/aromatic N) is 1. The number of rotatable bonds is 2. The molecular formula is C16H24BNO4. The molecule has 0 N–H and O–H groups in total. The Morgan fingerprint density at radius 3 is 2.36 bits per heavy atom. The third-order valence-electron chi connectivity index (χ3n) is 4.67. The van der Waals surface area contributed by atoms with Crippen molar-refractivity contribution in [2.45, 2.75) is 51.9 Å². The first-order valence-corrected chi connectivity index (χ1v) is 7.82. The summed E-state index contributed by atoms with van der Waals surface area (Å²) in [5.41, 5.74) is 2.09. The van der Waals surface area contributed by atoms with Gasteiger partial charge < -0.3 is 18.8 Å². The molecule has 0 saturated carbocycles. The van der Waals surface area contributed by atoms with Gasteiger partial charge in [0.15, 0.2) is 0 Å². The zero-order chi connectivity index (χ0) is 16.0. The predicted molar refractivity (Wildman–Crippen MR) is 84.2 cm³/mol. The molecule has 0 aliphatic carbocycles. The van der Waals surface area contributed by atoms with Crippen molar-refractivity contribution < 1.29 is 18.8 Å². The van der Waals surface area contributed by atoms with Gasteiger partial charge in [-0.1, -0.05) is 0 Å². The summed E-state index contributed by atoms with van der Waals surface area (Å²) in [6.07, 6.45) is -0.116. The highest BCUT2D eigenvalue weighted by atomic mass is 16.7. The third kappa shape index (κ3) is 2.93. The number of hydrogen-bond donors (Lipinski definition) is 0. The van der Waals surface area contributed by atoms with Gasteiger partial charge in [-0.15, -0.1) is 0 Å². The molecule has 2 fully saturated rings. The summed E-state index contributed by atoms with van der Waals surface area (Å²) in [7, 11) is -0.380. The summed E-state index contributed by atoms with van der Waals surface area (Å²) >= 11 is 0. The van der Waals surface area contributed by atoms with Gasteiger partial charge in [0.25, 0.3) is 0 Å². The Bertz CT molecular complexity index is 539. The molecule has 2 aliphatic rings. The van der Waals surface area contributed by atoms with Crippen molar-refractivity contribution in [2.75, 3.05) is 19.8 Å². The highest BCUT2D eigenvalue weighted by molar-refractivity contribution is 6.62. The SMILES string of the molecule is Cc1cc(B2OC(C)(C)C(C)(C)O2)cc(C2COCCO2)n1. The second kappa shape index (κ2) is 5.60. The quantitative estimate of drug-likeness (QED) is 0.780. The lowest BCUT2D eigenvalue weighted by Crippen LogP contribution is -2.41. The molecule has 5 nitrogen and oxygen atoms in total. The summed E-state index contributed by atoms with van der Waals surface area (Å²) < 4.78 is 23.5. The van der Waals surface area contributed by atoms with Gasteiger partial charge in [-0.25, -0.2) is 0 Å². The average molecular weight is 305 g/mol. The van der Waals surface area contributed by atoms with E-state index in [1.54, 1.807) is 0 Å². The van der Waals surface area contributed by atoms with Crippen molar-refractivity contribution >= 4 is 12.6 Å². The molecule has 3 rings (SSSR count). The van der Waals surface area contributed by atoms with Crippen LogP contribution < -0.4 is 5.46 Å². The van der Waals surface area contributed by atoms with Crippen molar-refractivity contribution in [3.63, 3.8) is 0 Å². The highest BCUT2D eigenvalue weighted by Gasteiger charge is 2.51. The van der Waals surface area contributed by atoms with Crippen LogP contribution >= 0.6 is 0 Å². The molecule has 1 aromatic rings. The Hall–Kier alpha value is -0.945. The zero-order valence-corrected chi connectivity index (χ0v) is 14.0. The first kappa shape index (κ1) is 15.9. The predicted octanol–water partition coefficient (Wildman–Crippen LogP) is 1.78. The molecule has 22 heavy (non-hydrogen) atoms. The van der Waals surface area contributed by atoms with Crippen LogP contribution in [0.3, 0.4) is 0 Å². The Kier molecular flexibility index (Phi) is 4.06. The Morgan fingerprint density at radius 1 is 1.09 bits per heavy atom. The van der Waals surface area contributed by atoms with Crippen LogP contribution in [-0.2, 0) is 18.8 Å². The summed E-state index contributed by atoms with van der Waals surface area (Å²) in [5.74, 6) is 0. The number of hydrogen-bond acceptors (Lipinski definition) is 5. The van der Waals surface area contributed by atoms with Crippen LogP contribution in [0.5, 0.6) is 0 Å². The summed E-state index contributed by atoms with van der Waals surface area (Å²) in [6, 6.07) is 4.02. The molecule has 6 heteroatoms. The van der Waals surface area contributed by atoms with E-state index in [0.29, 0.717) is 19.8 Å². The molecule has 0 aromatic carbocycles. The van der Waals surface area contributed by atoms with E-state index in [0.717, 1.165) is 16.9 Å². The first-order valence-electron chi connectivity index (χ1n) is 7.82. The van der Waals surface area contributed by atoms with E-state index in [4.69, 9.17) is 18.8 Å². The van der Waals surface area contributed by atoms with Gasteiger partial charge in [0, 0.05) is 5.69 Å². The minimum atomic E-state index is -0.380. The first-order chi connectivity index (χ1) is 10.3.